The van der Waals surface area contributed by atoms with Crippen molar-refractivity contribution in [1.29, 1.82) is 0 Å². The molecule has 4 nitrogen and oxygen atoms in total. The molecule has 0 radical (unpaired) electrons. The Morgan fingerprint density at radius 2 is 1.70 bits per heavy atom. The van der Waals surface area contributed by atoms with Gasteiger partial charge in [0.15, 0.2) is 11.0 Å². The van der Waals surface area contributed by atoms with Crippen molar-refractivity contribution in [2.24, 2.45) is 0 Å². The summed E-state index contributed by atoms with van der Waals surface area (Å²) in [5.74, 6) is 1.70. The Balaban J connectivity index is 1.72. The number of nitrogens with zero attached hydrogens (tertiary/aromatic N) is 3. The first-order chi connectivity index (χ1) is 14.7. The lowest BCUT2D eigenvalue weighted by molar-refractivity contribution is 0.340. The second-order valence-corrected chi connectivity index (χ2v) is 7.83. The molecule has 3 aromatic carbocycles. The van der Waals surface area contributed by atoms with Crippen molar-refractivity contribution < 1.29 is 9.13 Å². The average Bonchev–Trinajstić information content (AvgIpc) is 3.18. The molecule has 0 aliphatic rings. The van der Waals surface area contributed by atoms with E-state index in [1.54, 1.807) is 12.1 Å². The van der Waals surface area contributed by atoms with Crippen LogP contribution in [-0.4, -0.2) is 21.4 Å². The zero-order chi connectivity index (χ0) is 20.9. The van der Waals surface area contributed by atoms with E-state index in [0.29, 0.717) is 33.9 Å². The van der Waals surface area contributed by atoms with Crippen molar-refractivity contribution in [3.63, 3.8) is 0 Å². The lowest BCUT2D eigenvalue weighted by atomic mass is 10.2. The summed E-state index contributed by atoms with van der Waals surface area (Å²) in [5, 5.41) is 10.1. The number of thioether (sulfide) groups is 1. The van der Waals surface area contributed by atoms with Crippen LogP contribution in [0.25, 0.3) is 17.1 Å². The van der Waals surface area contributed by atoms with Crippen molar-refractivity contribution in [2.45, 2.75) is 17.8 Å². The monoisotopic (exact) mass is 439 g/mol. The number of benzene rings is 3. The van der Waals surface area contributed by atoms with E-state index in [1.807, 2.05) is 66.1 Å². The van der Waals surface area contributed by atoms with E-state index in [0.717, 1.165) is 17.0 Å². The van der Waals surface area contributed by atoms with Crippen LogP contribution >= 0.6 is 23.4 Å². The van der Waals surface area contributed by atoms with E-state index < -0.39 is 0 Å². The zero-order valence-electron chi connectivity index (χ0n) is 16.3. The Labute approximate surface area is 183 Å². The molecule has 0 bridgehead atoms. The fraction of sp³-hybridized carbons (Fsp3) is 0.130. The predicted octanol–water partition coefficient (Wildman–Crippen LogP) is 6.42. The summed E-state index contributed by atoms with van der Waals surface area (Å²) in [6.07, 6.45) is 0. The van der Waals surface area contributed by atoms with E-state index in [1.165, 1.54) is 17.8 Å². The summed E-state index contributed by atoms with van der Waals surface area (Å²) in [6, 6.07) is 21.9. The highest BCUT2D eigenvalue weighted by Crippen LogP contribution is 2.31. The van der Waals surface area contributed by atoms with Crippen LogP contribution in [0.2, 0.25) is 5.02 Å². The molecule has 0 unspecified atom stereocenters. The molecule has 0 amide bonds. The van der Waals surface area contributed by atoms with Crippen LogP contribution in [0.15, 0.2) is 78.0 Å². The minimum Gasteiger partial charge on any atom is -0.494 e. The molecule has 0 aliphatic carbocycles. The minimum atomic E-state index is -0.227. The standard InChI is InChI=1S/C23H19ClFN3OS/c1-2-29-20-13-11-19(12-14-20)28-22(16-7-9-18(24)10-8-16)26-27-23(28)30-15-17-5-3-4-6-21(17)25/h3-14H,2,15H2,1H3. The first kappa shape index (κ1) is 20.4. The third-order valence-corrected chi connectivity index (χ3v) is 5.69. The van der Waals surface area contributed by atoms with E-state index in [4.69, 9.17) is 16.3 Å². The molecule has 0 spiro atoms. The molecule has 0 aliphatic heterocycles. The lowest BCUT2D eigenvalue weighted by Crippen LogP contribution is -2.00. The number of rotatable bonds is 7. The number of halogens is 2. The van der Waals surface area contributed by atoms with Crippen LogP contribution in [-0.2, 0) is 5.75 Å². The first-order valence-corrected chi connectivity index (χ1v) is 10.8. The predicted molar refractivity (Wildman–Crippen MR) is 119 cm³/mol. The number of hydrogen-bond acceptors (Lipinski definition) is 4. The summed E-state index contributed by atoms with van der Waals surface area (Å²) in [6.45, 7) is 2.55. The maximum atomic E-state index is 14.1. The average molecular weight is 440 g/mol. The van der Waals surface area contributed by atoms with Gasteiger partial charge in [-0.15, -0.1) is 10.2 Å². The topological polar surface area (TPSA) is 39.9 Å². The summed E-state index contributed by atoms with van der Waals surface area (Å²) in [7, 11) is 0. The summed E-state index contributed by atoms with van der Waals surface area (Å²) in [5.41, 5.74) is 2.40. The quantitative estimate of drug-likeness (QED) is 0.311. The highest BCUT2D eigenvalue weighted by atomic mass is 35.5. The molecule has 0 N–H and O–H groups in total. The molecule has 1 aromatic heterocycles. The van der Waals surface area contributed by atoms with Gasteiger partial charge in [0.05, 0.1) is 6.61 Å². The number of hydrogen-bond donors (Lipinski definition) is 0. The van der Waals surface area contributed by atoms with Gasteiger partial charge in [0.1, 0.15) is 11.6 Å². The van der Waals surface area contributed by atoms with Crippen LogP contribution in [0, 0.1) is 5.82 Å². The Bertz CT molecular complexity index is 1130. The fourth-order valence-electron chi connectivity index (χ4n) is 3.00. The van der Waals surface area contributed by atoms with Gasteiger partial charge < -0.3 is 4.74 Å². The Kier molecular flexibility index (Phi) is 6.35. The Hall–Kier alpha value is -2.83. The first-order valence-electron chi connectivity index (χ1n) is 9.46. The van der Waals surface area contributed by atoms with Gasteiger partial charge in [0, 0.05) is 22.0 Å². The highest BCUT2D eigenvalue weighted by molar-refractivity contribution is 7.98. The van der Waals surface area contributed by atoms with Gasteiger partial charge in [-0.3, -0.25) is 4.57 Å². The van der Waals surface area contributed by atoms with Gasteiger partial charge in [-0.05, 0) is 67.1 Å². The summed E-state index contributed by atoms with van der Waals surface area (Å²) in [4.78, 5) is 0. The Morgan fingerprint density at radius 3 is 2.40 bits per heavy atom. The molecule has 7 heteroatoms. The van der Waals surface area contributed by atoms with E-state index in [2.05, 4.69) is 10.2 Å². The highest BCUT2D eigenvalue weighted by Gasteiger charge is 2.17. The van der Waals surface area contributed by atoms with E-state index >= 15 is 0 Å². The molecule has 4 aromatic rings. The number of aromatic nitrogens is 3. The van der Waals surface area contributed by atoms with Gasteiger partial charge in [0.2, 0.25) is 0 Å². The Morgan fingerprint density at radius 1 is 0.967 bits per heavy atom. The molecule has 4 rings (SSSR count). The van der Waals surface area contributed by atoms with E-state index in [9.17, 15) is 4.39 Å². The molecule has 0 saturated carbocycles. The largest absolute Gasteiger partial charge is 0.494 e. The minimum absolute atomic E-state index is 0.227. The van der Waals surface area contributed by atoms with Gasteiger partial charge in [-0.1, -0.05) is 41.6 Å². The second-order valence-electron chi connectivity index (χ2n) is 6.46. The third-order valence-electron chi connectivity index (χ3n) is 4.46. The molecular formula is C23H19ClFN3OS. The van der Waals surface area contributed by atoms with Crippen molar-refractivity contribution in [3.8, 4) is 22.8 Å². The van der Waals surface area contributed by atoms with Gasteiger partial charge in [-0.2, -0.15) is 0 Å². The van der Waals surface area contributed by atoms with Crippen LogP contribution in [0.3, 0.4) is 0 Å². The van der Waals surface area contributed by atoms with Crippen LogP contribution in [0.4, 0.5) is 4.39 Å². The zero-order valence-corrected chi connectivity index (χ0v) is 17.8. The molecule has 0 fully saturated rings. The van der Waals surface area contributed by atoms with Crippen molar-refractivity contribution in [2.75, 3.05) is 6.61 Å². The fourth-order valence-corrected chi connectivity index (χ4v) is 4.06. The summed E-state index contributed by atoms with van der Waals surface area (Å²) < 4.78 is 21.6. The van der Waals surface area contributed by atoms with Gasteiger partial charge >= 0.3 is 0 Å². The van der Waals surface area contributed by atoms with Crippen molar-refractivity contribution in [1.82, 2.24) is 14.8 Å². The molecule has 30 heavy (non-hydrogen) atoms. The molecule has 152 valence electrons. The molecule has 1 heterocycles. The van der Waals surface area contributed by atoms with Crippen LogP contribution in [0.5, 0.6) is 5.75 Å². The van der Waals surface area contributed by atoms with Crippen LogP contribution < -0.4 is 4.74 Å². The molecular weight excluding hydrogens is 421 g/mol. The third kappa shape index (κ3) is 4.50. The maximum absolute atomic E-state index is 14.1. The van der Waals surface area contributed by atoms with Crippen LogP contribution in [0.1, 0.15) is 12.5 Å². The van der Waals surface area contributed by atoms with Crippen molar-refractivity contribution in [3.05, 3.63) is 89.2 Å². The molecule has 0 atom stereocenters. The second kappa shape index (κ2) is 9.32. The van der Waals surface area contributed by atoms with Gasteiger partial charge in [0.25, 0.3) is 0 Å². The van der Waals surface area contributed by atoms with E-state index in [-0.39, 0.29) is 5.82 Å². The summed E-state index contributed by atoms with van der Waals surface area (Å²) >= 11 is 7.48. The maximum Gasteiger partial charge on any atom is 0.196 e. The number of ether oxygens (including phenoxy) is 1. The normalized spacial score (nSPS) is 10.9. The molecule has 0 saturated heterocycles. The smallest absolute Gasteiger partial charge is 0.196 e. The van der Waals surface area contributed by atoms with Gasteiger partial charge in [-0.25, -0.2) is 4.39 Å². The lowest BCUT2D eigenvalue weighted by Gasteiger charge is -2.12. The SMILES string of the molecule is CCOc1ccc(-n2c(SCc3ccccc3F)nnc2-c2ccc(Cl)cc2)cc1. The van der Waals surface area contributed by atoms with Crippen molar-refractivity contribution >= 4 is 23.4 Å².